The summed E-state index contributed by atoms with van der Waals surface area (Å²) in [7, 11) is -2.99. The molecule has 1 N–H and O–H groups in total. The van der Waals surface area contributed by atoms with Gasteiger partial charge in [-0.25, -0.2) is 13.2 Å². The molecule has 0 aliphatic carbocycles. The first-order valence-electron chi connectivity index (χ1n) is 5.69. The summed E-state index contributed by atoms with van der Waals surface area (Å²) in [5, 5.41) is 2.64. The molecule has 5 nitrogen and oxygen atoms in total. The van der Waals surface area contributed by atoms with Gasteiger partial charge < -0.3 is 10.2 Å². The van der Waals surface area contributed by atoms with Crippen molar-refractivity contribution in [1.29, 1.82) is 0 Å². The van der Waals surface area contributed by atoms with Crippen molar-refractivity contribution >= 4 is 15.9 Å². The smallest absolute Gasteiger partial charge is 0.317 e. The van der Waals surface area contributed by atoms with Gasteiger partial charge in [0.15, 0.2) is 0 Å². The molecule has 1 heterocycles. The molecule has 0 bridgehead atoms. The highest BCUT2D eigenvalue weighted by molar-refractivity contribution is 7.90. The zero-order valence-corrected chi connectivity index (χ0v) is 10.6. The lowest BCUT2D eigenvalue weighted by Crippen LogP contribution is -2.42. The molecule has 1 saturated heterocycles. The topological polar surface area (TPSA) is 66.5 Å². The van der Waals surface area contributed by atoms with Crippen molar-refractivity contribution in [2.75, 3.05) is 31.6 Å². The Balaban J connectivity index is 2.28. The molecule has 6 heteroatoms. The van der Waals surface area contributed by atoms with E-state index in [0.29, 0.717) is 0 Å². The number of urea groups is 1. The number of likely N-dealkylation sites (tertiary alicyclic amines) is 1. The van der Waals surface area contributed by atoms with E-state index in [1.165, 1.54) is 19.1 Å². The summed E-state index contributed by atoms with van der Waals surface area (Å²) >= 11 is 0. The highest BCUT2D eigenvalue weighted by Gasteiger charge is 2.15. The Morgan fingerprint density at radius 1 is 1.19 bits per heavy atom. The fraction of sp³-hybridized carbons (Fsp3) is 0.900. The van der Waals surface area contributed by atoms with Crippen molar-refractivity contribution in [2.45, 2.75) is 25.7 Å². The van der Waals surface area contributed by atoms with Crippen molar-refractivity contribution in [3.8, 4) is 0 Å². The van der Waals surface area contributed by atoms with Crippen molar-refractivity contribution < 1.29 is 13.2 Å². The van der Waals surface area contributed by atoms with Crippen molar-refractivity contribution in [1.82, 2.24) is 10.2 Å². The third kappa shape index (κ3) is 5.34. The first-order chi connectivity index (χ1) is 7.49. The monoisotopic (exact) mass is 248 g/mol. The van der Waals surface area contributed by atoms with Crippen LogP contribution < -0.4 is 5.32 Å². The fourth-order valence-corrected chi connectivity index (χ4v) is 2.20. The number of hydrogen-bond acceptors (Lipinski definition) is 3. The Morgan fingerprint density at radius 3 is 2.25 bits per heavy atom. The second kappa shape index (κ2) is 6.08. The maximum absolute atomic E-state index is 11.7. The van der Waals surface area contributed by atoms with E-state index < -0.39 is 9.84 Å². The second-order valence-electron chi connectivity index (χ2n) is 4.26. The molecule has 0 aromatic heterocycles. The molecule has 0 aromatic carbocycles. The molecule has 1 rings (SSSR count). The van der Waals surface area contributed by atoms with Gasteiger partial charge in [0.05, 0.1) is 5.75 Å². The van der Waals surface area contributed by atoms with Gasteiger partial charge in [0, 0.05) is 25.9 Å². The minimum atomic E-state index is -2.99. The van der Waals surface area contributed by atoms with E-state index in [1.807, 2.05) is 0 Å². The van der Waals surface area contributed by atoms with Gasteiger partial charge >= 0.3 is 6.03 Å². The molecule has 0 unspecified atom stereocenters. The summed E-state index contributed by atoms with van der Waals surface area (Å²) < 4.78 is 21.8. The van der Waals surface area contributed by atoms with Gasteiger partial charge in [-0.3, -0.25) is 0 Å². The van der Waals surface area contributed by atoms with E-state index in [2.05, 4.69) is 5.32 Å². The molecule has 1 fully saturated rings. The summed E-state index contributed by atoms with van der Waals surface area (Å²) in [4.78, 5) is 13.4. The number of amides is 2. The highest BCUT2D eigenvalue weighted by atomic mass is 32.2. The van der Waals surface area contributed by atoms with Crippen LogP contribution in [0.3, 0.4) is 0 Å². The number of nitrogens with one attached hydrogen (secondary N) is 1. The van der Waals surface area contributed by atoms with Gasteiger partial charge in [0.1, 0.15) is 9.84 Å². The molecule has 0 spiro atoms. The van der Waals surface area contributed by atoms with Gasteiger partial charge in [-0.05, 0) is 12.8 Å². The standard InChI is InChI=1S/C10H20N2O3S/c1-16(14,15)9-6-11-10(13)12-7-4-2-3-5-8-12/h2-9H2,1H3,(H,11,13). The summed E-state index contributed by atoms with van der Waals surface area (Å²) in [6.45, 7) is 1.77. The number of nitrogens with zero attached hydrogens (tertiary/aromatic N) is 1. The molecule has 94 valence electrons. The molecule has 0 aromatic rings. The van der Waals surface area contributed by atoms with Crippen LogP contribution in [0.4, 0.5) is 4.79 Å². The predicted molar refractivity (Wildman–Crippen MR) is 63.2 cm³/mol. The van der Waals surface area contributed by atoms with Crippen LogP contribution in [0, 0.1) is 0 Å². The van der Waals surface area contributed by atoms with Gasteiger partial charge in [0.25, 0.3) is 0 Å². The Bertz CT molecular complexity index is 319. The molecule has 16 heavy (non-hydrogen) atoms. The molecule has 0 radical (unpaired) electrons. The third-order valence-electron chi connectivity index (χ3n) is 2.64. The lowest BCUT2D eigenvalue weighted by atomic mass is 10.2. The average molecular weight is 248 g/mol. The SMILES string of the molecule is CS(=O)(=O)CCNC(=O)N1CCCCCC1. The van der Waals surface area contributed by atoms with Crippen LogP contribution in [0.2, 0.25) is 0 Å². The van der Waals surface area contributed by atoms with Crippen LogP contribution >= 0.6 is 0 Å². The number of carbonyl (C=O) groups is 1. The quantitative estimate of drug-likeness (QED) is 0.796. The summed E-state index contributed by atoms with van der Waals surface area (Å²) in [5.41, 5.74) is 0. The minimum Gasteiger partial charge on any atom is -0.337 e. The molecular formula is C10H20N2O3S. The largest absolute Gasteiger partial charge is 0.337 e. The Morgan fingerprint density at radius 2 is 1.75 bits per heavy atom. The first kappa shape index (κ1) is 13.3. The third-order valence-corrected chi connectivity index (χ3v) is 3.59. The number of rotatable bonds is 3. The van der Waals surface area contributed by atoms with E-state index in [4.69, 9.17) is 0 Å². The molecule has 0 atom stereocenters. The lowest BCUT2D eigenvalue weighted by Gasteiger charge is -2.20. The van der Waals surface area contributed by atoms with Crippen LogP contribution in [-0.2, 0) is 9.84 Å². The van der Waals surface area contributed by atoms with Crippen LogP contribution in [0.5, 0.6) is 0 Å². The highest BCUT2D eigenvalue weighted by Crippen LogP contribution is 2.09. The Kier molecular flexibility index (Phi) is 5.05. The molecule has 1 aliphatic rings. The van der Waals surface area contributed by atoms with Crippen molar-refractivity contribution in [3.63, 3.8) is 0 Å². The molecule has 1 aliphatic heterocycles. The summed E-state index contributed by atoms with van der Waals surface area (Å²) in [6.07, 6.45) is 5.60. The van der Waals surface area contributed by atoms with Crippen molar-refractivity contribution in [2.24, 2.45) is 0 Å². The first-order valence-corrected chi connectivity index (χ1v) is 7.75. The van der Waals surface area contributed by atoms with Crippen LogP contribution in [0.25, 0.3) is 0 Å². The Labute approximate surface area is 97.1 Å². The zero-order chi connectivity index (χ0) is 12.0. The van der Waals surface area contributed by atoms with E-state index in [9.17, 15) is 13.2 Å². The number of carbonyl (C=O) groups excluding carboxylic acids is 1. The lowest BCUT2D eigenvalue weighted by molar-refractivity contribution is 0.200. The van der Waals surface area contributed by atoms with Gasteiger partial charge in [-0.2, -0.15) is 0 Å². The minimum absolute atomic E-state index is 0.00653. The van der Waals surface area contributed by atoms with E-state index in [1.54, 1.807) is 4.90 Å². The maximum atomic E-state index is 11.7. The number of sulfone groups is 1. The van der Waals surface area contributed by atoms with Crippen molar-refractivity contribution in [3.05, 3.63) is 0 Å². The fourth-order valence-electron chi connectivity index (χ4n) is 1.73. The van der Waals surface area contributed by atoms with Crippen LogP contribution in [0.15, 0.2) is 0 Å². The van der Waals surface area contributed by atoms with E-state index >= 15 is 0 Å². The van der Waals surface area contributed by atoms with Gasteiger partial charge in [-0.15, -0.1) is 0 Å². The van der Waals surface area contributed by atoms with Crippen LogP contribution in [0.1, 0.15) is 25.7 Å². The number of hydrogen-bond donors (Lipinski definition) is 1. The second-order valence-corrected chi connectivity index (χ2v) is 6.52. The summed E-state index contributed by atoms with van der Waals surface area (Å²) in [6, 6.07) is -0.134. The molecule has 2 amide bonds. The summed E-state index contributed by atoms with van der Waals surface area (Å²) in [5.74, 6) is 0.00653. The van der Waals surface area contributed by atoms with E-state index in [-0.39, 0.29) is 18.3 Å². The Hall–Kier alpha value is -0.780. The average Bonchev–Trinajstić information content (AvgIpc) is 2.43. The van der Waals surface area contributed by atoms with Gasteiger partial charge in [0.2, 0.25) is 0 Å². The van der Waals surface area contributed by atoms with Gasteiger partial charge in [-0.1, -0.05) is 12.8 Å². The molecule has 0 saturated carbocycles. The van der Waals surface area contributed by atoms with E-state index in [0.717, 1.165) is 25.9 Å². The molecular weight excluding hydrogens is 228 g/mol. The normalized spacial score (nSPS) is 17.9. The van der Waals surface area contributed by atoms with Crippen LogP contribution in [-0.4, -0.2) is 51.0 Å². The zero-order valence-electron chi connectivity index (χ0n) is 9.74. The predicted octanol–water partition coefficient (Wildman–Crippen LogP) is 0.617. The maximum Gasteiger partial charge on any atom is 0.317 e.